The van der Waals surface area contributed by atoms with Gasteiger partial charge in [-0.25, -0.2) is 4.79 Å². The Labute approximate surface area is 116 Å². The fraction of sp³-hybridized carbons (Fsp3) is 0.133. The summed E-state index contributed by atoms with van der Waals surface area (Å²) in [6, 6.07) is 12.3. The lowest BCUT2D eigenvalue weighted by Gasteiger charge is -2.10. The molecule has 0 atom stereocenters. The number of carboxylic acid groups (broad SMARTS) is 1. The van der Waals surface area contributed by atoms with Crippen molar-refractivity contribution in [3.63, 3.8) is 0 Å². The molecule has 0 amide bonds. The summed E-state index contributed by atoms with van der Waals surface area (Å²) >= 11 is 5.94. The van der Waals surface area contributed by atoms with E-state index < -0.39 is 5.97 Å². The van der Waals surface area contributed by atoms with Gasteiger partial charge in [0.15, 0.2) is 0 Å². The number of carboxylic acids is 1. The smallest absolute Gasteiger partial charge is 0.335 e. The lowest BCUT2D eigenvalue weighted by Crippen LogP contribution is -2.03. The van der Waals surface area contributed by atoms with Crippen molar-refractivity contribution in [1.29, 1.82) is 0 Å². The Kier molecular flexibility index (Phi) is 4.07. The second kappa shape index (κ2) is 5.76. The molecule has 0 aromatic heterocycles. The summed E-state index contributed by atoms with van der Waals surface area (Å²) in [5.41, 5.74) is 1.86. The molecule has 19 heavy (non-hydrogen) atoms. The van der Waals surface area contributed by atoms with E-state index in [-0.39, 0.29) is 5.56 Å². The van der Waals surface area contributed by atoms with E-state index in [1.165, 1.54) is 6.07 Å². The summed E-state index contributed by atoms with van der Waals surface area (Å²) < 4.78 is 5.27. The van der Waals surface area contributed by atoms with Gasteiger partial charge in [0.1, 0.15) is 5.75 Å². The minimum atomic E-state index is -0.957. The molecular formula is C15H13ClO3. The molecule has 2 aromatic rings. The Morgan fingerprint density at radius 1 is 1.21 bits per heavy atom. The number of ether oxygens (including phenoxy) is 1. The van der Waals surface area contributed by atoms with Crippen molar-refractivity contribution in [2.24, 2.45) is 0 Å². The van der Waals surface area contributed by atoms with Crippen LogP contribution in [0.4, 0.5) is 0 Å². The number of para-hydroxylation sites is 1. The molecule has 0 heterocycles. The fourth-order valence-electron chi connectivity index (χ4n) is 1.97. The normalized spacial score (nSPS) is 10.2. The second-order valence-electron chi connectivity index (χ2n) is 4.10. The summed E-state index contributed by atoms with van der Waals surface area (Å²) in [5.74, 6) is -0.222. The molecule has 0 saturated heterocycles. The maximum atomic E-state index is 11.2. The maximum Gasteiger partial charge on any atom is 0.335 e. The second-order valence-corrected chi connectivity index (χ2v) is 4.53. The standard InChI is InChI=1S/C15H13ClO3/c1-19-14-5-3-2-4-10(14)8-11-9-12(16)6-7-13(11)15(17)18/h2-7,9H,8H2,1H3,(H,17,18). The van der Waals surface area contributed by atoms with E-state index in [9.17, 15) is 9.90 Å². The van der Waals surface area contributed by atoms with Crippen molar-refractivity contribution in [2.45, 2.75) is 6.42 Å². The highest BCUT2D eigenvalue weighted by molar-refractivity contribution is 6.30. The number of rotatable bonds is 4. The van der Waals surface area contributed by atoms with Crippen LogP contribution >= 0.6 is 11.6 Å². The highest BCUT2D eigenvalue weighted by Gasteiger charge is 2.12. The topological polar surface area (TPSA) is 46.5 Å². The Hall–Kier alpha value is -2.00. The summed E-state index contributed by atoms with van der Waals surface area (Å²) in [6.07, 6.45) is 0.464. The van der Waals surface area contributed by atoms with Crippen molar-refractivity contribution in [2.75, 3.05) is 7.11 Å². The van der Waals surface area contributed by atoms with E-state index in [1.54, 1.807) is 19.2 Å². The van der Waals surface area contributed by atoms with E-state index >= 15 is 0 Å². The number of aromatic carboxylic acids is 1. The van der Waals surface area contributed by atoms with Crippen LogP contribution < -0.4 is 4.74 Å². The summed E-state index contributed by atoms with van der Waals surface area (Å²) in [4.78, 5) is 11.2. The molecule has 3 nitrogen and oxygen atoms in total. The lowest BCUT2D eigenvalue weighted by molar-refractivity contribution is 0.0696. The molecule has 0 aliphatic carbocycles. The number of benzene rings is 2. The molecule has 0 aliphatic rings. The Morgan fingerprint density at radius 3 is 2.63 bits per heavy atom. The van der Waals surface area contributed by atoms with Gasteiger partial charge in [-0.2, -0.15) is 0 Å². The van der Waals surface area contributed by atoms with Crippen LogP contribution in [-0.2, 0) is 6.42 Å². The van der Waals surface area contributed by atoms with Crippen LogP contribution in [0.25, 0.3) is 0 Å². The monoisotopic (exact) mass is 276 g/mol. The summed E-state index contributed by atoms with van der Waals surface area (Å²) in [6.45, 7) is 0. The minimum absolute atomic E-state index is 0.260. The van der Waals surface area contributed by atoms with Gasteiger partial charge in [-0.05, 0) is 35.4 Å². The van der Waals surface area contributed by atoms with Gasteiger partial charge in [-0.3, -0.25) is 0 Å². The van der Waals surface area contributed by atoms with Gasteiger partial charge in [0, 0.05) is 11.4 Å². The average Bonchev–Trinajstić information content (AvgIpc) is 2.39. The van der Waals surface area contributed by atoms with E-state index in [0.29, 0.717) is 17.0 Å². The van der Waals surface area contributed by atoms with Crippen molar-refractivity contribution in [3.8, 4) is 5.75 Å². The number of methoxy groups -OCH3 is 1. The van der Waals surface area contributed by atoms with Crippen LogP contribution in [0.1, 0.15) is 21.5 Å². The molecule has 1 N–H and O–H groups in total. The third kappa shape index (κ3) is 3.06. The molecule has 0 radical (unpaired) electrons. The predicted molar refractivity (Wildman–Crippen MR) is 74.2 cm³/mol. The van der Waals surface area contributed by atoms with Gasteiger partial charge < -0.3 is 9.84 Å². The molecular weight excluding hydrogens is 264 g/mol. The van der Waals surface area contributed by atoms with Crippen LogP contribution in [0.5, 0.6) is 5.75 Å². The van der Waals surface area contributed by atoms with E-state index in [2.05, 4.69) is 0 Å². The Morgan fingerprint density at radius 2 is 1.95 bits per heavy atom. The highest BCUT2D eigenvalue weighted by Crippen LogP contribution is 2.24. The number of halogens is 1. The van der Waals surface area contributed by atoms with Gasteiger partial charge in [0.25, 0.3) is 0 Å². The third-order valence-corrected chi connectivity index (χ3v) is 3.11. The quantitative estimate of drug-likeness (QED) is 0.927. The first-order valence-corrected chi connectivity index (χ1v) is 6.13. The molecule has 0 unspecified atom stereocenters. The highest BCUT2D eigenvalue weighted by atomic mass is 35.5. The van der Waals surface area contributed by atoms with Crippen LogP contribution in [-0.4, -0.2) is 18.2 Å². The van der Waals surface area contributed by atoms with Crippen LogP contribution in [0, 0.1) is 0 Å². The van der Waals surface area contributed by atoms with Gasteiger partial charge in [-0.15, -0.1) is 0 Å². The van der Waals surface area contributed by atoms with Gasteiger partial charge in [0.05, 0.1) is 12.7 Å². The number of hydrogen-bond donors (Lipinski definition) is 1. The molecule has 2 rings (SSSR count). The predicted octanol–water partition coefficient (Wildman–Crippen LogP) is 3.64. The van der Waals surface area contributed by atoms with Crippen LogP contribution in [0.15, 0.2) is 42.5 Å². The Balaban J connectivity index is 2.42. The molecule has 0 saturated carbocycles. The minimum Gasteiger partial charge on any atom is -0.496 e. The average molecular weight is 277 g/mol. The molecule has 0 bridgehead atoms. The first-order valence-electron chi connectivity index (χ1n) is 5.75. The molecule has 0 spiro atoms. The van der Waals surface area contributed by atoms with Gasteiger partial charge in [0.2, 0.25) is 0 Å². The number of hydrogen-bond acceptors (Lipinski definition) is 2. The molecule has 0 aliphatic heterocycles. The zero-order chi connectivity index (χ0) is 13.8. The molecule has 98 valence electrons. The summed E-state index contributed by atoms with van der Waals surface area (Å²) in [5, 5.41) is 9.71. The molecule has 0 fully saturated rings. The van der Waals surface area contributed by atoms with E-state index in [4.69, 9.17) is 16.3 Å². The molecule has 2 aromatic carbocycles. The largest absolute Gasteiger partial charge is 0.496 e. The maximum absolute atomic E-state index is 11.2. The van der Waals surface area contributed by atoms with Crippen molar-refractivity contribution in [1.82, 2.24) is 0 Å². The lowest BCUT2D eigenvalue weighted by atomic mass is 9.99. The fourth-order valence-corrected chi connectivity index (χ4v) is 2.17. The zero-order valence-electron chi connectivity index (χ0n) is 10.4. The van der Waals surface area contributed by atoms with E-state index in [1.807, 2.05) is 24.3 Å². The van der Waals surface area contributed by atoms with Gasteiger partial charge in [-0.1, -0.05) is 29.8 Å². The van der Waals surface area contributed by atoms with Gasteiger partial charge >= 0.3 is 5.97 Å². The first-order chi connectivity index (χ1) is 9.11. The van der Waals surface area contributed by atoms with Crippen molar-refractivity contribution in [3.05, 3.63) is 64.2 Å². The Bertz CT molecular complexity index is 608. The van der Waals surface area contributed by atoms with E-state index in [0.717, 1.165) is 11.3 Å². The summed E-state index contributed by atoms with van der Waals surface area (Å²) in [7, 11) is 1.59. The van der Waals surface area contributed by atoms with Crippen LogP contribution in [0.2, 0.25) is 5.02 Å². The van der Waals surface area contributed by atoms with Crippen LogP contribution in [0.3, 0.4) is 0 Å². The SMILES string of the molecule is COc1ccccc1Cc1cc(Cl)ccc1C(=O)O. The first kappa shape index (κ1) is 13.4. The van der Waals surface area contributed by atoms with Crippen molar-refractivity contribution < 1.29 is 14.6 Å². The number of carbonyl (C=O) groups is 1. The van der Waals surface area contributed by atoms with Crippen molar-refractivity contribution >= 4 is 17.6 Å². The molecule has 4 heteroatoms. The zero-order valence-corrected chi connectivity index (χ0v) is 11.1. The third-order valence-electron chi connectivity index (χ3n) is 2.87.